The monoisotopic (exact) mass is 517 g/mol. The van der Waals surface area contributed by atoms with Gasteiger partial charge < -0.3 is 9.47 Å². The molecule has 10 heteroatoms. The van der Waals surface area contributed by atoms with Gasteiger partial charge in [0.1, 0.15) is 0 Å². The first kappa shape index (κ1) is 22.3. The maximum atomic E-state index is 13.2. The molecular weight excluding hydrogens is 496 g/mol. The van der Waals surface area contributed by atoms with Crippen molar-refractivity contribution >= 4 is 39.3 Å². The van der Waals surface area contributed by atoms with Gasteiger partial charge in [-0.1, -0.05) is 34.6 Å². The number of anilines is 1. The molecule has 1 atom stereocenters. The Morgan fingerprint density at radius 2 is 1.97 bits per heavy atom. The molecule has 0 saturated carbocycles. The largest absolute Gasteiger partial charge is 0.493 e. The summed E-state index contributed by atoms with van der Waals surface area (Å²) in [5.41, 5.74) is 2.07. The number of hydrogen-bond donors (Lipinski definition) is 1. The van der Waals surface area contributed by atoms with Crippen molar-refractivity contribution in [1.82, 2.24) is 10.1 Å². The lowest BCUT2D eigenvalue weighted by molar-refractivity contribution is -0.763. The van der Waals surface area contributed by atoms with Crippen LogP contribution in [0.3, 0.4) is 0 Å². The van der Waals surface area contributed by atoms with Gasteiger partial charge >= 0.3 is 11.3 Å². The Labute approximate surface area is 197 Å². The molecule has 1 aliphatic rings. The van der Waals surface area contributed by atoms with E-state index in [-0.39, 0.29) is 11.5 Å². The van der Waals surface area contributed by atoms with Gasteiger partial charge in [-0.3, -0.25) is 14.6 Å². The molecule has 3 aromatic rings. The van der Waals surface area contributed by atoms with Crippen LogP contribution in [0.15, 0.2) is 50.8 Å². The third-order valence-electron chi connectivity index (χ3n) is 5.14. The molecule has 0 aliphatic carbocycles. The Hall–Kier alpha value is -2.85. The number of benzene rings is 2. The number of H-pyrrole nitrogens is 1. The fourth-order valence-electron chi connectivity index (χ4n) is 3.85. The van der Waals surface area contributed by atoms with Crippen LogP contribution in [-0.2, 0) is 4.79 Å². The number of carbonyl (C=O) groups is 1. The number of ether oxygens (including phenoxy) is 2. The topological polar surface area (TPSA) is 88.4 Å². The highest BCUT2D eigenvalue weighted by atomic mass is 79.9. The van der Waals surface area contributed by atoms with E-state index in [2.05, 4.69) is 20.9 Å². The first-order valence-electron chi connectivity index (χ1n) is 9.90. The van der Waals surface area contributed by atoms with E-state index in [1.54, 1.807) is 35.9 Å². The van der Waals surface area contributed by atoms with E-state index < -0.39 is 6.17 Å². The smallest absolute Gasteiger partial charge is 0.325 e. The molecule has 0 saturated heterocycles. The maximum Gasteiger partial charge on any atom is 0.325 e. The van der Waals surface area contributed by atoms with E-state index in [4.69, 9.17) is 14.6 Å². The average molecular weight is 518 g/mol. The molecule has 166 valence electrons. The minimum Gasteiger partial charge on any atom is -0.493 e. The highest BCUT2D eigenvalue weighted by Gasteiger charge is 2.45. The summed E-state index contributed by atoms with van der Waals surface area (Å²) in [5, 5.41) is 5.20. The number of aromatic amines is 1. The van der Waals surface area contributed by atoms with Gasteiger partial charge in [0.05, 0.1) is 25.5 Å². The maximum absolute atomic E-state index is 13.2. The van der Waals surface area contributed by atoms with Gasteiger partial charge in [0.15, 0.2) is 11.5 Å². The molecule has 1 N–H and O–H groups in total. The number of rotatable bonds is 5. The molecule has 0 radical (unpaired) electrons. The lowest BCUT2D eigenvalue weighted by Crippen LogP contribution is -2.60. The Morgan fingerprint density at radius 3 is 2.62 bits per heavy atom. The zero-order valence-electron chi connectivity index (χ0n) is 18.0. The molecule has 0 bridgehead atoms. The van der Waals surface area contributed by atoms with Crippen molar-refractivity contribution in [3.63, 3.8) is 0 Å². The number of thioether (sulfide) groups is 1. The Bertz CT molecular complexity index is 1260. The highest BCUT2D eigenvalue weighted by molar-refractivity contribution is 9.10. The zero-order valence-corrected chi connectivity index (χ0v) is 20.4. The third kappa shape index (κ3) is 3.77. The summed E-state index contributed by atoms with van der Waals surface area (Å²) in [5.74, 6) is 1.64. The summed E-state index contributed by atoms with van der Waals surface area (Å²) in [6.07, 6.45) is -0.686. The number of nitrogens with zero attached hydrogens (tertiary/aromatic N) is 3. The van der Waals surface area contributed by atoms with Crippen LogP contribution < -0.4 is 24.6 Å². The van der Waals surface area contributed by atoms with Gasteiger partial charge in [-0.05, 0) is 46.8 Å². The number of fused-ring (bicyclic) bond motifs is 3. The van der Waals surface area contributed by atoms with E-state index >= 15 is 0 Å². The van der Waals surface area contributed by atoms with Gasteiger partial charge in [-0.2, -0.15) is 0 Å². The summed E-state index contributed by atoms with van der Waals surface area (Å²) in [6, 6.07) is 10.9. The molecule has 1 aliphatic heterocycles. The number of halogens is 1. The van der Waals surface area contributed by atoms with Crippen LogP contribution in [-0.4, -0.2) is 36.0 Å². The van der Waals surface area contributed by atoms with Crippen LogP contribution in [0.2, 0.25) is 0 Å². The SMILES string of the molecule is CCSc1n[n+]2c(c(=O)[nH]1)-c1cc(Br)ccc1N(C(C)=O)[C@H]2c1ccc(OC)c(OC)c1. The molecule has 4 rings (SSSR count). The van der Waals surface area contributed by atoms with Crippen molar-refractivity contribution in [1.29, 1.82) is 0 Å². The number of aromatic nitrogens is 3. The van der Waals surface area contributed by atoms with Crippen molar-refractivity contribution in [3.05, 3.63) is 56.8 Å². The van der Waals surface area contributed by atoms with Gasteiger partial charge in [-0.15, -0.1) is 0 Å². The van der Waals surface area contributed by atoms with Gasteiger partial charge in [0, 0.05) is 22.1 Å². The fraction of sp³-hybridized carbons (Fsp3) is 0.273. The number of hydrogen-bond acceptors (Lipinski definition) is 6. The fourth-order valence-corrected chi connectivity index (χ4v) is 4.80. The summed E-state index contributed by atoms with van der Waals surface area (Å²) >= 11 is 4.90. The number of amides is 1. The standard InChI is InChI=1S/C22H21BrN4O4S/c1-5-32-22-24-20(29)19-15-11-14(23)7-8-16(15)26(12(2)28)21(27(19)25-22)13-6-9-17(30-3)18(10-13)31-4/h6-11,21H,5H2,1-4H3/p+1/t21-/m1/s1. The second kappa shape index (κ2) is 8.95. The van der Waals surface area contributed by atoms with Gasteiger partial charge in [0.25, 0.3) is 6.17 Å². The second-order valence-electron chi connectivity index (χ2n) is 7.02. The van der Waals surface area contributed by atoms with Gasteiger partial charge in [-0.25, -0.2) is 4.90 Å². The van der Waals surface area contributed by atoms with Crippen molar-refractivity contribution in [2.24, 2.45) is 0 Å². The highest BCUT2D eigenvalue weighted by Crippen LogP contribution is 2.40. The normalized spacial score (nSPS) is 14.5. The number of carbonyl (C=O) groups excluding carboxylic acids is 1. The van der Waals surface area contributed by atoms with Crippen molar-refractivity contribution in [2.45, 2.75) is 25.2 Å². The van der Waals surface area contributed by atoms with Crippen LogP contribution in [0.25, 0.3) is 11.3 Å². The predicted molar refractivity (Wildman–Crippen MR) is 125 cm³/mol. The summed E-state index contributed by atoms with van der Waals surface area (Å²) in [6.45, 7) is 3.48. The molecule has 32 heavy (non-hydrogen) atoms. The van der Waals surface area contributed by atoms with Crippen molar-refractivity contribution in [3.8, 4) is 22.8 Å². The van der Waals surface area contributed by atoms with E-state index in [0.29, 0.717) is 33.6 Å². The lowest BCUT2D eigenvalue weighted by atomic mass is 10.0. The summed E-state index contributed by atoms with van der Waals surface area (Å²) in [7, 11) is 3.12. The predicted octanol–water partition coefficient (Wildman–Crippen LogP) is 3.53. The summed E-state index contributed by atoms with van der Waals surface area (Å²) < 4.78 is 13.3. The van der Waals surface area contributed by atoms with E-state index in [9.17, 15) is 9.59 Å². The first-order chi connectivity index (χ1) is 15.4. The first-order valence-corrected chi connectivity index (χ1v) is 11.7. The van der Waals surface area contributed by atoms with E-state index in [1.165, 1.54) is 18.7 Å². The Morgan fingerprint density at radius 1 is 1.22 bits per heavy atom. The average Bonchev–Trinajstić information content (AvgIpc) is 2.77. The zero-order chi connectivity index (χ0) is 23.0. The molecule has 1 aromatic heterocycles. The Kier molecular flexibility index (Phi) is 6.25. The van der Waals surface area contributed by atoms with Crippen LogP contribution in [0.4, 0.5) is 5.69 Å². The quantitative estimate of drug-likeness (QED) is 0.411. The summed E-state index contributed by atoms with van der Waals surface area (Å²) in [4.78, 5) is 30.7. The van der Waals surface area contributed by atoms with Crippen LogP contribution in [0.1, 0.15) is 25.6 Å². The Balaban J connectivity index is 2.06. The molecule has 2 heterocycles. The van der Waals surface area contributed by atoms with E-state index in [0.717, 1.165) is 15.8 Å². The van der Waals surface area contributed by atoms with Crippen LogP contribution >= 0.6 is 27.7 Å². The molecule has 0 spiro atoms. The molecule has 8 nitrogen and oxygen atoms in total. The van der Waals surface area contributed by atoms with Gasteiger partial charge in [0.2, 0.25) is 11.1 Å². The minimum atomic E-state index is -0.686. The molecule has 1 amide bonds. The molecule has 0 unspecified atom stereocenters. The van der Waals surface area contributed by atoms with Crippen LogP contribution in [0.5, 0.6) is 11.5 Å². The second-order valence-corrected chi connectivity index (χ2v) is 9.19. The number of methoxy groups -OCH3 is 2. The molecular formula is C22H22BrN4O4S+. The number of nitrogens with one attached hydrogen (secondary N) is 1. The lowest BCUT2D eigenvalue weighted by Gasteiger charge is -2.31. The molecule has 2 aromatic carbocycles. The van der Waals surface area contributed by atoms with Crippen molar-refractivity contribution in [2.75, 3.05) is 24.9 Å². The minimum absolute atomic E-state index is 0.182. The van der Waals surface area contributed by atoms with Crippen molar-refractivity contribution < 1.29 is 19.0 Å². The van der Waals surface area contributed by atoms with Crippen LogP contribution in [0, 0.1) is 0 Å². The molecule has 0 fully saturated rings. The van der Waals surface area contributed by atoms with E-state index in [1.807, 2.05) is 31.2 Å². The third-order valence-corrected chi connectivity index (χ3v) is 6.38.